The van der Waals surface area contributed by atoms with Gasteiger partial charge in [-0.2, -0.15) is 0 Å². The van der Waals surface area contributed by atoms with Crippen molar-refractivity contribution in [3.8, 4) is 5.75 Å². The first-order valence-corrected chi connectivity index (χ1v) is 5.28. The number of carbonyl (C=O) groups excluding carboxylic acids is 1. The van der Waals surface area contributed by atoms with Crippen LogP contribution in [-0.2, 0) is 0 Å². The molecule has 0 radical (unpaired) electrons. The summed E-state index contributed by atoms with van der Waals surface area (Å²) in [6.07, 6.45) is 0. The summed E-state index contributed by atoms with van der Waals surface area (Å²) in [5.74, 6) is -0.340. The van der Waals surface area contributed by atoms with Crippen molar-refractivity contribution in [3.63, 3.8) is 0 Å². The van der Waals surface area contributed by atoms with E-state index in [1.54, 1.807) is 7.05 Å². The summed E-state index contributed by atoms with van der Waals surface area (Å²) in [5, 5.41) is 0. The van der Waals surface area contributed by atoms with Crippen LogP contribution in [0.5, 0.6) is 5.75 Å². The molecule has 0 saturated carbocycles. The summed E-state index contributed by atoms with van der Waals surface area (Å²) in [6, 6.07) is 4.11. The summed E-state index contributed by atoms with van der Waals surface area (Å²) >= 11 is 5.52. The number of benzene rings is 1. The third kappa shape index (κ3) is 2.85. The average molecular weight is 246 g/mol. The smallest absolute Gasteiger partial charge is 0.253 e. The fourth-order valence-electron chi connectivity index (χ4n) is 1.25. The second-order valence-electron chi connectivity index (χ2n) is 3.27. The predicted molar refractivity (Wildman–Crippen MR) is 60.6 cm³/mol. The van der Waals surface area contributed by atoms with Crippen LogP contribution in [0.3, 0.4) is 0 Å². The van der Waals surface area contributed by atoms with Gasteiger partial charge in [0, 0.05) is 25.0 Å². The van der Waals surface area contributed by atoms with Crippen molar-refractivity contribution >= 4 is 17.5 Å². The Morgan fingerprint density at radius 1 is 1.56 bits per heavy atom. The van der Waals surface area contributed by atoms with Gasteiger partial charge in [0.05, 0.1) is 7.11 Å². The molecule has 3 nitrogen and oxygen atoms in total. The SMILES string of the molecule is COc1ccc(C(=O)N(C)CCCl)cc1F. The lowest BCUT2D eigenvalue weighted by Crippen LogP contribution is -2.28. The molecule has 1 aromatic rings. The van der Waals surface area contributed by atoms with Crippen molar-refractivity contribution in [1.82, 2.24) is 4.90 Å². The van der Waals surface area contributed by atoms with E-state index in [9.17, 15) is 9.18 Å². The molecule has 1 rings (SSSR count). The van der Waals surface area contributed by atoms with E-state index in [0.29, 0.717) is 12.4 Å². The quantitative estimate of drug-likeness (QED) is 0.761. The molecule has 0 fully saturated rings. The number of halogens is 2. The fraction of sp³-hybridized carbons (Fsp3) is 0.364. The normalized spacial score (nSPS) is 10.0. The lowest BCUT2D eigenvalue weighted by molar-refractivity contribution is 0.0802. The molecule has 0 saturated heterocycles. The zero-order chi connectivity index (χ0) is 12.1. The van der Waals surface area contributed by atoms with E-state index < -0.39 is 5.82 Å². The number of carbonyl (C=O) groups is 1. The number of nitrogens with zero attached hydrogens (tertiary/aromatic N) is 1. The Morgan fingerprint density at radius 2 is 2.25 bits per heavy atom. The Bertz CT molecular complexity index is 384. The molecule has 5 heteroatoms. The van der Waals surface area contributed by atoms with Crippen molar-refractivity contribution in [3.05, 3.63) is 29.6 Å². The van der Waals surface area contributed by atoms with E-state index in [2.05, 4.69) is 0 Å². The van der Waals surface area contributed by atoms with Crippen molar-refractivity contribution < 1.29 is 13.9 Å². The Morgan fingerprint density at radius 3 is 2.75 bits per heavy atom. The predicted octanol–water partition coefficient (Wildman–Crippen LogP) is 2.15. The van der Waals surface area contributed by atoms with Gasteiger partial charge in [-0.1, -0.05) is 0 Å². The van der Waals surface area contributed by atoms with Crippen LogP contribution in [0.4, 0.5) is 4.39 Å². The number of rotatable bonds is 4. The summed E-state index contributed by atoms with van der Waals surface area (Å²) in [4.78, 5) is 13.2. The molecule has 0 N–H and O–H groups in total. The lowest BCUT2D eigenvalue weighted by atomic mass is 10.2. The van der Waals surface area contributed by atoms with Gasteiger partial charge in [0.2, 0.25) is 0 Å². The van der Waals surface area contributed by atoms with E-state index in [1.165, 1.54) is 24.1 Å². The van der Waals surface area contributed by atoms with Gasteiger partial charge < -0.3 is 9.64 Å². The van der Waals surface area contributed by atoms with Crippen molar-refractivity contribution in [2.45, 2.75) is 0 Å². The monoisotopic (exact) mass is 245 g/mol. The van der Waals surface area contributed by atoms with Crippen molar-refractivity contribution in [2.75, 3.05) is 26.6 Å². The molecule has 0 spiro atoms. The van der Waals surface area contributed by atoms with Crippen LogP contribution >= 0.6 is 11.6 Å². The molecule has 16 heavy (non-hydrogen) atoms. The van der Waals surface area contributed by atoms with E-state index in [-0.39, 0.29) is 17.2 Å². The molecule has 0 heterocycles. The van der Waals surface area contributed by atoms with Crippen LogP contribution in [-0.4, -0.2) is 37.4 Å². The molecule has 0 atom stereocenters. The molecule has 0 aliphatic rings. The van der Waals surface area contributed by atoms with E-state index in [0.717, 1.165) is 6.07 Å². The Balaban J connectivity index is 2.88. The van der Waals surface area contributed by atoms with Crippen LogP contribution in [0.15, 0.2) is 18.2 Å². The summed E-state index contributed by atoms with van der Waals surface area (Å²) in [5.41, 5.74) is 0.283. The second-order valence-corrected chi connectivity index (χ2v) is 3.64. The van der Waals surface area contributed by atoms with Gasteiger partial charge in [-0.25, -0.2) is 4.39 Å². The molecule has 0 aliphatic carbocycles. The molecule has 0 aliphatic heterocycles. The highest BCUT2D eigenvalue weighted by Crippen LogP contribution is 2.18. The summed E-state index contributed by atoms with van der Waals surface area (Å²) in [7, 11) is 2.99. The molecular formula is C11H13ClFNO2. The van der Waals surface area contributed by atoms with E-state index >= 15 is 0 Å². The van der Waals surface area contributed by atoms with Gasteiger partial charge >= 0.3 is 0 Å². The lowest BCUT2D eigenvalue weighted by Gasteiger charge is -2.15. The highest BCUT2D eigenvalue weighted by atomic mass is 35.5. The number of methoxy groups -OCH3 is 1. The zero-order valence-electron chi connectivity index (χ0n) is 9.17. The van der Waals surface area contributed by atoms with E-state index in [4.69, 9.17) is 16.3 Å². The summed E-state index contributed by atoms with van der Waals surface area (Å²) in [6.45, 7) is 0.425. The maximum atomic E-state index is 13.3. The fourth-order valence-corrected chi connectivity index (χ4v) is 1.50. The van der Waals surface area contributed by atoms with Crippen LogP contribution in [0.25, 0.3) is 0 Å². The first kappa shape index (κ1) is 12.8. The van der Waals surface area contributed by atoms with Crippen molar-refractivity contribution in [1.29, 1.82) is 0 Å². The van der Waals surface area contributed by atoms with E-state index in [1.807, 2.05) is 0 Å². The number of hydrogen-bond donors (Lipinski definition) is 0. The molecule has 0 bridgehead atoms. The van der Waals surface area contributed by atoms with Gasteiger partial charge in [-0.3, -0.25) is 4.79 Å². The Kier molecular flexibility index (Phi) is 4.55. The van der Waals surface area contributed by atoms with Crippen LogP contribution in [0.2, 0.25) is 0 Å². The first-order valence-electron chi connectivity index (χ1n) is 4.75. The minimum Gasteiger partial charge on any atom is -0.494 e. The van der Waals surface area contributed by atoms with Crippen LogP contribution < -0.4 is 4.74 Å². The van der Waals surface area contributed by atoms with Crippen LogP contribution in [0, 0.1) is 5.82 Å². The minimum absolute atomic E-state index is 0.122. The standard InChI is InChI=1S/C11H13ClFNO2/c1-14(6-5-12)11(15)8-3-4-10(16-2)9(13)7-8/h3-4,7H,5-6H2,1-2H3. The van der Waals surface area contributed by atoms with Gasteiger partial charge in [-0.15, -0.1) is 11.6 Å². The number of amides is 1. The third-order valence-electron chi connectivity index (χ3n) is 2.17. The molecular weight excluding hydrogens is 233 g/mol. The average Bonchev–Trinajstić information content (AvgIpc) is 2.28. The molecule has 1 amide bonds. The second kappa shape index (κ2) is 5.70. The van der Waals surface area contributed by atoms with Gasteiger partial charge in [0.15, 0.2) is 11.6 Å². The van der Waals surface area contributed by atoms with Gasteiger partial charge in [-0.05, 0) is 18.2 Å². The Labute approximate surface area is 98.8 Å². The maximum Gasteiger partial charge on any atom is 0.253 e. The zero-order valence-corrected chi connectivity index (χ0v) is 9.92. The number of alkyl halides is 1. The highest BCUT2D eigenvalue weighted by Gasteiger charge is 2.13. The molecule has 88 valence electrons. The van der Waals surface area contributed by atoms with Gasteiger partial charge in [0.1, 0.15) is 0 Å². The largest absolute Gasteiger partial charge is 0.494 e. The third-order valence-corrected chi connectivity index (χ3v) is 2.33. The number of hydrogen-bond acceptors (Lipinski definition) is 2. The maximum absolute atomic E-state index is 13.3. The molecule has 0 aromatic heterocycles. The van der Waals surface area contributed by atoms with Crippen molar-refractivity contribution in [2.24, 2.45) is 0 Å². The first-order chi connectivity index (χ1) is 7.60. The Hall–Kier alpha value is -1.29. The highest BCUT2D eigenvalue weighted by molar-refractivity contribution is 6.18. The van der Waals surface area contributed by atoms with Crippen LogP contribution in [0.1, 0.15) is 10.4 Å². The molecule has 0 unspecified atom stereocenters. The van der Waals surface area contributed by atoms with Gasteiger partial charge in [0.25, 0.3) is 5.91 Å². The summed E-state index contributed by atoms with van der Waals surface area (Å²) < 4.78 is 18.1. The molecule has 1 aromatic carbocycles. The topological polar surface area (TPSA) is 29.5 Å². The number of ether oxygens (including phenoxy) is 1. The minimum atomic E-state index is -0.548.